The molecule has 0 amide bonds. The predicted molar refractivity (Wildman–Crippen MR) is 62.0 cm³/mol. The lowest BCUT2D eigenvalue weighted by molar-refractivity contribution is -0.152. The van der Waals surface area contributed by atoms with Crippen LogP contribution in [0.1, 0.15) is 32.3 Å². The van der Waals surface area contributed by atoms with Crippen molar-refractivity contribution in [3.8, 4) is 0 Å². The van der Waals surface area contributed by atoms with Gasteiger partial charge in [-0.1, -0.05) is 13.3 Å². The Morgan fingerprint density at radius 3 is 2.56 bits per heavy atom. The number of carbonyl (C=O) groups is 1. The second-order valence-corrected chi connectivity index (χ2v) is 4.45. The summed E-state index contributed by atoms with van der Waals surface area (Å²) in [6.45, 7) is 2.95. The first-order valence-electron chi connectivity index (χ1n) is 5.71. The summed E-state index contributed by atoms with van der Waals surface area (Å²) >= 11 is 0. The maximum atomic E-state index is 13.6. The van der Waals surface area contributed by atoms with E-state index in [-0.39, 0.29) is 12.0 Å². The Labute approximate surface area is 104 Å². The highest BCUT2D eigenvalue weighted by molar-refractivity contribution is 5.72. The molecule has 0 aliphatic carbocycles. The van der Waals surface area contributed by atoms with Crippen molar-refractivity contribution in [3.63, 3.8) is 0 Å². The lowest BCUT2D eigenvalue weighted by Crippen LogP contribution is -2.38. The summed E-state index contributed by atoms with van der Waals surface area (Å²) in [6, 6.07) is 2.63. The number of aliphatic hydroxyl groups is 1. The van der Waals surface area contributed by atoms with Crippen LogP contribution < -0.4 is 0 Å². The molecule has 1 rings (SSSR count). The standard InChI is InChI=1S/C13H16F2O3/c1-3-4-9(12(16)17)13(2,18)10-7-8(14)5-6-11(10)15/h5-7,9,18H,3-4H2,1-2H3,(H,16,17). The van der Waals surface area contributed by atoms with Crippen molar-refractivity contribution in [3.05, 3.63) is 35.4 Å². The van der Waals surface area contributed by atoms with Crippen LogP contribution in [-0.2, 0) is 10.4 Å². The summed E-state index contributed by atoms with van der Waals surface area (Å²) in [4.78, 5) is 11.1. The van der Waals surface area contributed by atoms with Gasteiger partial charge in [0.05, 0.1) is 5.92 Å². The molecule has 2 N–H and O–H groups in total. The van der Waals surface area contributed by atoms with Crippen molar-refractivity contribution in [1.82, 2.24) is 0 Å². The number of rotatable bonds is 5. The Balaban J connectivity index is 3.24. The van der Waals surface area contributed by atoms with Crippen LogP contribution in [0.4, 0.5) is 8.78 Å². The molecule has 2 unspecified atom stereocenters. The smallest absolute Gasteiger partial charge is 0.309 e. The van der Waals surface area contributed by atoms with E-state index in [0.717, 1.165) is 18.2 Å². The summed E-state index contributed by atoms with van der Waals surface area (Å²) in [5, 5.41) is 19.4. The molecular formula is C13H16F2O3. The summed E-state index contributed by atoms with van der Waals surface area (Å²) in [6.07, 6.45) is 0.697. The molecule has 100 valence electrons. The Bertz CT molecular complexity index is 444. The molecule has 1 aromatic carbocycles. The number of hydrogen-bond acceptors (Lipinski definition) is 2. The molecule has 1 aromatic rings. The second kappa shape index (κ2) is 5.44. The highest BCUT2D eigenvalue weighted by Gasteiger charge is 2.40. The molecule has 0 spiro atoms. The third-order valence-electron chi connectivity index (χ3n) is 3.03. The van der Waals surface area contributed by atoms with Gasteiger partial charge in [0, 0.05) is 5.56 Å². The molecule has 2 atom stereocenters. The largest absolute Gasteiger partial charge is 0.481 e. The average Bonchev–Trinajstić information content (AvgIpc) is 2.28. The number of carboxylic acid groups (broad SMARTS) is 1. The molecule has 5 heteroatoms. The Kier molecular flexibility index (Phi) is 4.40. The van der Waals surface area contributed by atoms with Gasteiger partial charge in [-0.15, -0.1) is 0 Å². The summed E-state index contributed by atoms with van der Waals surface area (Å²) in [7, 11) is 0. The SMILES string of the molecule is CCCC(C(=O)O)C(C)(O)c1cc(F)ccc1F. The van der Waals surface area contributed by atoms with Gasteiger partial charge in [-0.25, -0.2) is 8.78 Å². The highest BCUT2D eigenvalue weighted by atomic mass is 19.1. The molecule has 0 saturated carbocycles. The molecule has 18 heavy (non-hydrogen) atoms. The van der Waals surface area contributed by atoms with Crippen molar-refractivity contribution < 1.29 is 23.8 Å². The predicted octanol–water partition coefficient (Wildman–Crippen LogP) is 2.67. The summed E-state index contributed by atoms with van der Waals surface area (Å²) in [5.74, 6) is -3.94. The Morgan fingerprint density at radius 2 is 2.06 bits per heavy atom. The van der Waals surface area contributed by atoms with Gasteiger partial charge >= 0.3 is 5.97 Å². The van der Waals surface area contributed by atoms with Gasteiger partial charge in [-0.3, -0.25) is 4.79 Å². The van der Waals surface area contributed by atoms with Crippen LogP contribution in [-0.4, -0.2) is 16.2 Å². The third-order valence-corrected chi connectivity index (χ3v) is 3.03. The van der Waals surface area contributed by atoms with E-state index >= 15 is 0 Å². The first-order valence-corrected chi connectivity index (χ1v) is 5.71. The normalized spacial score (nSPS) is 16.1. The molecule has 0 heterocycles. The topological polar surface area (TPSA) is 57.5 Å². The van der Waals surface area contributed by atoms with Crippen LogP contribution in [0.15, 0.2) is 18.2 Å². The van der Waals surface area contributed by atoms with Crippen LogP contribution in [0.25, 0.3) is 0 Å². The molecule has 0 saturated heterocycles. The van der Waals surface area contributed by atoms with E-state index in [1.807, 2.05) is 0 Å². The fourth-order valence-electron chi connectivity index (χ4n) is 2.01. The highest BCUT2D eigenvalue weighted by Crippen LogP contribution is 2.34. The van der Waals surface area contributed by atoms with Gasteiger partial charge < -0.3 is 10.2 Å². The summed E-state index contributed by atoms with van der Waals surface area (Å²) < 4.78 is 26.7. The monoisotopic (exact) mass is 258 g/mol. The van der Waals surface area contributed by atoms with Gasteiger partial charge in [0.1, 0.15) is 17.2 Å². The average molecular weight is 258 g/mol. The zero-order chi connectivity index (χ0) is 13.9. The molecule has 0 aliphatic heterocycles. The van der Waals surface area contributed by atoms with Crippen LogP contribution in [0.2, 0.25) is 0 Å². The first kappa shape index (κ1) is 14.6. The zero-order valence-electron chi connectivity index (χ0n) is 10.3. The maximum absolute atomic E-state index is 13.6. The van der Waals surface area contributed by atoms with E-state index in [1.54, 1.807) is 6.92 Å². The number of carboxylic acids is 1. The Morgan fingerprint density at radius 1 is 1.44 bits per heavy atom. The minimum Gasteiger partial charge on any atom is -0.481 e. The van der Waals surface area contributed by atoms with E-state index in [4.69, 9.17) is 5.11 Å². The van der Waals surface area contributed by atoms with Gasteiger partial charge in [0.2, 0.25) is 0 Å². The van der Waals surface area contributed by atoms with Crippen molar-refractivity contribution in [2.75, 3.05) is 0 Å². The van der Waals surface area contributed by atoms with E-state index < -0.39 is 29.1 Å². The van der Waals surface area contributed by atoms with Gasteiger partial charge in [0.25, 0.3) is 0 Å². The molecule has 0 aromatic heterocycles. The van der Waals surface area contributed by atoms with Crippen LogP contribution in [0, 0.1) is 17.6 Å². The van der Waals surface area contributed by atoms with Crippen LogP contribution >= 0.6 is 0 Å². The van der Waals surface area contributed by atoms with Crippen molar-refractivity contribution >= 4 is 5.97 Å². The zero-order valence-corrected chi connectivity index (χ0v) is 10.3. The quantitative estimate of drug-likeness (QED) is 0.853. The molecule has 0 radical (unpaired) electrons. The molecule has 0 bridgehead atoms. The summed E-state index contributed by atoms with van der Waals surface area (Å²) in [5.41, 5.74) is -2.28. The first-order chi connectivity index (χ1) is 8.30. The van der Waals surface area contributed by atoms with Crippen molar-refractivity contribution in [1.29, 1.82) is 0 Å². The number of benzene rings is 1. The fraction of sp³-hybridized carbons (Fsp3) is 0.462. The minimum atomic E-state index is -1.95. The van der Waals surface area contributed by atoms with E-state index in [0.29, 0.717) is 6.42 Å². The molecule has 0 fully saturated rings. The molecule has 3 nitrogen and oxygen atoms in total. The number of aliphatic carboxylic acids is 1. The lowest BCUT2D eigenvalue weighted by Gasteiger charge is -2.30. The van der Waals surface area contributed by atoms with E-state index in [1.165, 1.54) is 6.92 Å². The van der Waals surface area contributed by atoms with Crippen LogP contribution in [0.3, 0.4) is 0 Å². The van der Waals surface area contributed by atoms with E-state index in [9.17, 15) is 18.7 Å². The fourth-order valence-corrected chi connectivity index (χ4v) is 2.01. The molecular weight excluding hydrogens is 242 g/mol. The van der Waals surface area contributed by atoms with Gasteiger partial charge in [-0.05, 0) is 31.5 Å². The maximum Gasteiger partial charge on any atom is 0.309 e. The number of halogens is 2. The molecule has 0 aliphatic rings. The van der Waals surface area contributed by atoms with Crippen molar-refractivity contribution in [2.45, 2.75) is 32.3 Å². The van der Waals surface area contributed by atoms with E-state index in [2.05, 4.69) is 0 Å². The van der Waals surface area contributed by atoms with Crippen molar-refractivity contribution in [2.24, 2.45) is 5.92 Å². The lowest BCUT2D eigenvalue weighted by atomic mass is 9.80. The number of hydrogen-bond donors (Lipinski definition) is 2. The van der Waals surface area contributed by atoms with Gasteiger partial charge in [-0.2, -0.15) is 0 Å². The van der Waals surface area contributed by atoms with Gasteiger partial charge in [0.15, 0.2) is 0 Å². The third kappa shape index (κ3) is 2.85. The Hall–Kier alpha value is -1.49. The minimum absolute atomic E-state index is 0.179. The van der Waals surface area contributed by atoms with Crippen LogP contribution in [0.5, 0.6) is 0 Å². The second-order valence-electron chi connectivity index (χ2n) is 4.45.